The van der Waals surface area contributed by atoms with Crippen LogP contribution in [-0.4, -0.2) is 29.9 Å². The van der Waals surface area contributed by atoms with Gasteiger partial charge in [-0.05, 0) is 66.9 Å². The van der Waals surface area contributed by atoms with Crippen LogP contribution in [0.3, 0.4) is 0 Å². The first-order valence-electron chi connectivity index (χ1n) is 15.2. The third-order valence-electron chi connectivity index (χ3n) is 8.19. The Bertz CT molecular complexity index is 2330. The molecule has 0 spiro atoms. The van der Waals surface area contributed by atoms with Crippen molar-refractivity contribution in [2.45, 2.75) is 13.8 Å². The van der Waals surface area contributed by atoms with Gasteiger partial charge in [0.25, 0.3) is 0 Å². The molecule has 0 bridgehead atoms. The van der Waals surface area contributed by atoms with Crippen LogP contribution in [-0.2, 0) is 0 Å². The second-order valence-electron chi connectivity index (χ2n) is 11.4. The van der Waals surface area contributed by atoms with Crippen LogP contribution in [0.25, 0.3) is 78.4 Å². The summed E-state index contributed by atoms with van der Waals surface area (Å²) < 4.78 is 0. The van der Waals surface area contributed by atoms with Gasteiger partial charge in [-0.2, -0.15) is 0 Å². The number of pyridine rings is 3. The van der Waals surface area contributed by atoms with E-state index < -0.39 is 0 Å². The summed E-state index contributed by atoms with van der Waals surface area (Å²) in [6, 6.07) is 41.3. The van der Waals surface area contributed by atoms with E-state index in [0.29, 0.717) is 17.5 Å². The van der Waals surface area contributed by atoms with Crippen LogP contribution in [0.1, 0.15) is 11.3 Å². The van der Waals surface area contributed by atoms with E-state index in [1.54, 1.807) is 12.4 Å². The Hall–Kier alpha value is -6.14. The average molecular weight is 593 g/mol. The van der Waals surface area contributed by atoms with Crippen LogP contribution in [0.2, 0.25) is 0 Å². The minimum Gasteiger partial charge on any atom is -0.265 e. The first-order chi connectivity index (χ1) is 22.6. The SMILES string of the molecule is Cc1cc(C)c2ccc3ccc(-c4cccc(-c5cccc(-c6nc(-c7ccccc7)nc(-c7ccncc7)n6)c5)c4)nc3c2n1. The number of aryl methyl sites for hydroxylation is 2. The fraction of sp³-hybridized carbons (Fsp3) is 0.0500. The maximum atomic E-state index is 5.14. The number of hydrogen-bond acceptors (Lipinski definition) is 6. The van der Waals surface area contributed by atoms with E-state index in [-0.39, 0.29) is 0 Å². The molecule has 0 atom stereocenters. The maximum Gasteiger partial charge on any atom is 0.164 e. The number of fused-ring (bicyclic) bond motifs is 3. The van der Waals surface area contributed by atoms with Crippen LogP contribution in [0.4, 0.5) is 0 Å². The zero-order valence-corrected chi connectivity index (χ0v) is 25.4. The highest BCUT2D eigenvalue weighted by Crippen LogP contribution is 2.32. The van der Waals surface area contributed by atoms with Gasteiger partial charge in [0.1, 0.15) is 0 Å². The molecule has 0 amide bonds. The summed E-state index contributed by atoms with van der Waals surface area (Å²) in [6.45, 7) is 4.16. The molecule has 0 unspecified atom stereocenters. The Morgan fingerprint density at radius 3 is 1.74 bits per heavy atom. The summed E-state index contributed by atoms with van der Waals surface area (Å²) in [5, 5.41) is 2.21. The Morgan fingerprint density at radius 2 is 1.00 bits per heavy atom. The summed E-state index contributed by atoms with van der Waals surface area (Å²) in [7, 11) is 0. The van der Waals surface area contributed by atoms with Gasteiger partial charge in [-0.25, -0.2) is 19.9 Å². The predicted molar refractivity (Wildman–Crippen MR) is 185 cm³/mol. The molecule has 0 aliphatic heterocycles. The highest BCUT2D eigenvalue weighted by molar-refractivity contribution is 6.04. The van der Waals surface area contributed by atoms with E-state index in [1.807, 2.05) is 61.5 Å². The average Bonchev–Trinajstić information content (AvgIpc) is 3.12. The van der Waals surface area contributed by atoms with Crippen LogP contribution < -0.4 is 0 Å². The number of benzene rings is 4. The Kier molecular flexibility index (Phi) is 6.80. The van der Waals surface area contributed by atoms with Crippen molar-refractivity contribution in [3.05, 3.63) is 145 Å². The smallest absolute Gasteiger partial charge is 0.164 e. The molecule has 4 aromatic carbocycles. The van der Waals surface area contributed by atoms with Gasteiger partial charge in [-0.3, -0.25) is 9.97 Å². The van der Waals surface area contributed by atoms with Crippen molar-refractivity contribution in [3.63, 3.8) is 0 Å². The number of nitrogens with zero attached hydrogens (tertiary/aromatic N) is 6. The van der Waals surface area contributed by atoms with Gasteiger partial charge in [0.05, 0.1) is 16.7 Å². The van der Waals surface area contributed by atoms with E-state index >= 15 is 0 Å². The molecular formula is C40H28N6. The van der Waals surface area contributed by atoms with Crippen molar-refractivity contribution < 1.29 is 0 Å². The van der Waals surface area contributed by atoms with Crippen molar-refractivity contribution in [2.75, 3.05) is 0 Å². The molecule has 8 rings (SSSR count). The monoisotopic (exact) mass is 592 g/mol. The second kappa shape index (κ2) is 11.4. The molecule has 6 nitrogen and oxygen atoms in total. The first-order valence-corrected chi connectivity index (χ1v) is 15.2. The zero-order valence-electron chi connectivity index (χ0n) is 25.4. The Labute approximate surface area is 266 Å². The topological polar surface area (TPSA) is 77.3 Å². The van der Waals surface area contributed by atoms with Crippen molar-refractivity contribution in [1.29, 1.82) is 0 Å². The maximum absolute atomic E-state index is 5.14. The molecule has 0 fully saturated rings. The summed E-state index contributed by atoms with van der Waals surface area (Å²) in [5.74, 6) is 1.84. The summed E-state index contributed by atoms with van der Waals surface area (Å²) in [6.07, 6.45) is 3.50. The molecule has 4 aromatic heterocycles. The van der Waals surface area contributed by atoms with Gasteiger partial charge in [0, 0.05) is 51.1 Å². The van der Waals surface area contributed by atoms with Crippen molar-refractivity contribution in [3.8, 4) is 56.5 Å². The highest BCUT2D eigenvalue weighted by atomic mass is 15.0. The molecule has 0 N–H and O–H groups in total. The van der Waals surface area contributed by atoms with Crippen molar-refractivity contribution in [2.24, 2.45) is 0 Å². The van der Waals surface area contributed by atoms with Crippen LogP contribution in [0.15, 0.2) is 134 Å². The molecule has 0 saturated carbocycles. The molecular weight excluding hydrogens is 564 g/mol. The number of rotatable bonds is 5. The quantitative estimate of drug-likeness (QED) is 0.185. The van der Waals surface area contributed by atoms with E-state index in [1.165, 1.54) is 5.56 Å². The lowest BCUT2D eigenvalue weighted by molar-refractivity contribution is 1.07. The van der Waals surface area contributed by atoms with Gasteiger partial charge in [0.2, 0.25) is 0 Å². The standard InChI is InChI=1S/C40H28N6/c1-25-22-26(2)42-37-34(25)16-14-27-15-17-35(43-36(27)37)32-12-6-10-30(23-32)31-11-7-13-33(24-31)40-45-38(28-8-4-3-5-9-28)44-39(46-40)29-18-20-41-21-19-29/h3-24H,1-2H3. The van der Waals surface area contributed by atoms with Crippen LogP contribution >= 0.6 is 0 Å². The van der Waals surface area contributed by atoms with Crippen molar-refractivity contribution >= 4 is 21.8 Å². The highest BCUT2D eigenvalue weighted by Gasteiger charge is 2.14. The van der Waals surface area contributed by atoms with E-state index in [0.717, 1.165) is 66.6 Å². The van der Waals surface area contributed by atoms with E-state index in [9.17, 15) is 0 Å². The van der Waals surface area contributed by atoms with Crippen LogP contribution in [0.5, 0.6) is 0 Å². The molecule has 8 aromatic rings. The minimum absolute atomic E-state index is 0.605. The van der Waals surface area contributed by atoms with Gasteiger partial charge >= 0.3 is 0 Å². The van der Waals surface area contributed by atoms with E-state index in [2.05, 4.69) is 78.6 Å². The second-order valence-corrected chi connectivity index (χ2v) is 11.4. The molecule has 218 valence electrons. The van der Waals surface area contributed by atoms with E-state index in [4.69, 9.17) is 24.9 Å². The molecule has 0 radical (unpaired) electrons. The normalized spacial score (nSPS) is 11.3. The molecule has 0 aliphatic rings. The lowest BCUT2D eigenvalue weighted by atomic mass is 9.99. The fourth-order valence-electron chi connectivity index (χ4n) is 5.91. The number of aromatic nitrogens is 6. The third kappa shape index (κ3) is 5.16. The van der Waals surface area contributed by atoms with Gasteiger partial charge in [-0.1, -0.05) is 84.9 Å². The predicted octanol–water partition coefficient (Wildman–Crippen LogP) is 9.31. The lowest BCUT2D eigenvalue weighted by Crippen LogP contribution is -2.00. The van der Waals surface area contributed by atoms with Crippen molar-refractivity contribution in [1.82, 2.24) is 29.9 Å². The fourth-order valence-corrected chi connectivity index (χ4v) is 5.91. The summed E-state index contributed by atoms with van der Waals surface area (Å²) in [5.41, 5.74) is 10.9. The zero-order chi connectivity index (χ0) is 31.0. The lowest BCUT2D eigenvalue weighted by Gasteiger charge is -2.11. The first kappa shape index (κ1) is 27.4. The number of hydrogen-bond donors (Lipinski definition) is 0. The van der Waals surface area contributed by atoms with Crippen LogP contribution in [0, 0.1) is 13.8 Å². The van der Waals surface area contributed by atoms with Gasteiger partial charge in [-0.15, -0.1) is 0 Å². The largest absolute Gasteiger partial charge is 0.265 e. The van der Waals surface area contributed by atoms with Gasteiger partial charge in [0.15, 0.2) is 17.5 Å². The minimum atomic E-state index is 0.605. The summed E-state index contributed by atoms with van der Waals surface area (Å²) in [4.78, 5) is 28.8. The molecule has 46 heavy (non-hydrogen) atoms. The third-order valence-corrected chi connectivity index (χ3v) is 8.19. The Balaban J connectivity index is 1.21. The molecule has 6 heteroatoms. The molecule has 4 heterocycles. The summed E-state index contributed by atoms with van der Waals surface area (Å²) >= 11 is 0. The van der Waals surface area contributed by atoms with Gasteiger partial charge < -0.3 is 0 Å². The Morgan fingerprint density at radius 1 is 0.413 bits per heavy atom. The molecule has 0 aliphatic carbocycles. The molecule has 0 saturated heterocycles.